The molecular formula is C10H23N2OS2+. The number of nitrogens with one attached hydrogen (secondary N) is 1. The molecule has 0 aromatic heterocycles. The van der Waals surface area contributed by atoms with Gasteiger partial charge in [-0.05, 0) is 13.5 Å². The molecule has 0 aliphatic rings. The molecule has 3 N–H and O–H groups in total. The van der Waals surface area contributed by atoms with Gasteiger partial charge >= 0.3 is 0 Å². The highest BCUT2D eigenvalue weighted by atomic mass is 33.1. The summed E-state index contributed by atoms with van der Waals surface area (Å²) >= 11 is 0. The Labute approximate surface area is 101 Å². The van der Waals surface area contributed by atoms with Gasteiger partial charge in [-0.25, -0.2) is 0 Å². The summed E-state index contributed by atoms with van der Waals surface area (Å²) in [6, 6.07) is 0. The van der Waals surface area contributed by atoms with Crippen LogP contribution in [0.2, 0.25) is 0 Å². The van der Waals surface area contributed by atoms with E-state index >= 15 is 0 Å². The zero-order chi connectivity index (χ0) is 11.4. The first-order valence-electron chi connectivity index (χ1n) is 5.32. The number of ether oxygens (including phenoxy) is 1. The molecule has 0 atom stereocenters. The minimum absolute atomic E-state index is 0.809. The van der Waals surface area contributed by atoms with E-state index in [1.807, 2.05) is 35.6 Å². The van der Waals surface area contributed by atoms with Crippen LogP contribution in [0.4, 0.5) is 0 Å². The molecule has 0 bridgehead atoms. The van der Waals surface area contributed by atoms with Gasteiger partial charge in [0.25, 0.3) is 0 Å². The minimum atomic E-state index is 0.809. The lowest BCUT2D eigenvalue weighted by Crippen LogP contribution is -2.37. The van der Waals surface area contributed by atoms with Gasteiger partial charge in [-0.2, -0.15) is 0 Å². The smallest absolute Gasteiger partial charge is 0.145 e. The van der Waals surface area contributed by atoms with Crippen LogP contribution in [-0.4, -0.2) is 44.0 Å². The summed E-state index contributed by atoms with van der Waals surface area (Å²) in [6.07, 6.45) is 2.23. The molecular weight excluding hydrogens is 228 g/mol. The van der Waals surface area contributed by atoms with Crippen molar-refractivity contribution < 1.29 is 10.1 Å². The predicted octanol–water partition coefficient (Wildman–Crippen LogP) is 0.604. The van der Waals surface area contributed by atoms with E-state index in [1.165, 1.54) is 12.2 Å². The van der Waals surface area contributed by atoms with E-state index in [0.717, 1.165) is 37.6 Å². The van der Waals surface area contributed by atoms with Crippen molar-refractivity contribution in [3.63, 3.8) is 0 Å². The largest absolute Gasteiger partial charge is 0.379 e. The van der Waals surface area contributed by atoms with E-state index < -0.39 is 0 Å². The molecule has 0 radical (unpaired) electrons. The molecule has 0 aliphatic heterocycles. The average molecular weight is 251 g/mol. The van der Waals surface area contributed by atoms with Gasteiger partial charge in [-0.15, -0.1) is 0 Å². The number of likely N-dealkylation sites (N-methyl/N-ethyl adjacent to an activating group) is 1. The molecule has 3 nitrogen and oxygen atoms in total. The molecule has 0 aromatic carbocycles. The predicted molar refractivity (Wildman–Crippen MR) is 71.5 cm³/mol. The van der Waals surface area contributed by atoms with Crippen LogP contribution in [0.1, 0.15) is 19.8 Å². The normalized spacial score (nSPS) is 10.5. The maximum absolute atomic E-state index is 5.58. The summed E-state index contributed by atoms with van der Waals surface area (Å²) in [7, 11) is 5.73. The monoisotopic (exact) mass is 251 g/mol. The van der Waals surface area contributed by atoms with Gasteiger partial charge in [-0.1, -0.05) is 21.6 Å². The third-order valence-electron chi connectivity index (χ3n) is 1.69. The molecule has 0 heterocycles. The SMILES string of the molecule is CNCCOCCSSCCCC(C)=[NH2+]. The Morgan fingerprint density at radius 2 is 2.00 bits per heavy atom. The van der Waals surface area contributed by atoms with Crippen LogP contribution in [0.15, 0.2) is 0 Å². The highest BCUT2D eigenvalue weighted by Gasteiger charge is 1.95. The van der Waals surface area contributed by atoms with Crippen LogP contribution < -0.4 is 10.7 Å². The molecule has 0 fully saturated rings. The fourth-order valence-electron chi connectivity index (χ4n) is 0.897. The molecule has 15 heavy (non-hydrogen) atoms. The van der Waals surface area contributed by atoms with E-state index in [0.29, 0.717) is 0 Å². The van der Waals surface area contributed by atoms with Gasteiger partial charge in [0, 0.05) is 31.4 Å². The molecule has 0 unspecified atom stereocenters. The van der Waals surface area contributed by atoms with Gasteiger partial charge in [0.15, 0.2) is 0 Å². The highest BCUT2D eigenvalue weighted by Crippen LogP contribution is 2.21. The quantitative estimate of drug-likeness (QED) is 0.321. The zero-order valence-corrected chi connectivity index (χ0v) is 11.4. The van der Waals surface area contributed by atoms with Gasteiger partial charge in [0.2, 0.25) is 0 Å². The Morgan fingerprint density at radius 3 is 2.67 bits per heavy atom. The van der Waals surface area contributed by atoms with Crippen molar-refractivity contribution in [3.8, 4) is 0 Å². The van der Waals surface area contributed by atoms with E-state index in [-0.39, 0.29) is 0 Å². The second kappa shape index (κ2) is 12.4. The maximum Gasteiger partial charge on any atom is 0.145 e. The van der Waals surface area contributed by atoms with Crippen molar-refractivity contribution in [2.24, 2.45) is 0 Å². The number of rotatable bonds is 11. The number of hydrogen-bond acceptors (Lipinski definition) is 4. The lowest BCUT2D eigenvalue weighted by atomic mass is 10.2. The van der Waals surface area contributed by atoms with Gasteiger partial charge in [0.05, 0.1) is 13.2 Å². The summed E-state index contributed by atoms with van der Waals surface area (Å²) < 4.78 is 5.40. The van der Waals surface area contributed by atoms with Crippen molar-refractivity contribution in [2.45, 2.75) is 19.8 Å². The van der Waals surface area contributed by atoms with Gasteiger partial charge in [0.1, 0.15) is 5.71 Å². The molecule has 0 aromatic rings. The third-order valence-corrected chi connectivity index (χ3v) is 4.14. The fourth-order valence-corrected chi connectivity index (χ4v) is 2.85. The second-order valence-corrected chi connectivity index (χ2v) is 6.01. The lowest BCUT2D eigenvalue weighted by Gasteiger charge is -2.03. The first kappa shape index (κ1) is 15.3. The highest BCUT2D eigenvalue weighted by molar-refractivity contribution is 8.76. The van der Waals surface area contributed by atoms with Crippen LogP contribution in [0.3, 0.4) is 0 Å². The number of nitrogens with two attached hydrogens (primary N) is 1. The van der Waals surface area contributed by atoms with Crippen LogP contribution >= 0.6 is 21.6 Å². The van der Waals surface area contributed by atoms with Crippen molar-refractivity contribution in [1.82, 2.24) is 5.32 Å². The summed E-state index contributed by atoms with van der Waals surface area (Å²) in [5.74, 6) is 2.25. The standard InChI is InChI=1S/C10H22N2OS2/c1-10(11)4-3-8-14-15-9-7-13-6-5-12-2/h11-12H,3-9H2,1-2H3/p+1. The van der Waals surface area contributed by atoms with Crippen molar-refractivity contribution >= 4 is 27.3 Å². The van der Waals surface area contributed by atoms with Crippen LogP contribution in [0.25, 0.3) is 0 Å². The molecule has 0 rings (SSSR count). The minimum Gasteiger partial charge on any atom is -0.379 e. The Hall–Kier alpha value is 0.290. The van der Waals surface area contributed by atoms with E-state index in [4.69, 9.17) is 10.1 Å². The molecule has 0 saturated carbocycles. The Kier molecular flexibility index (Phi) is 12.6. The van der Waals surface area contributed by atoms with Crippen LogP contribution in [0, 0.1) is 0 Å². The van der Waals surface area contributed by atoms with Crippen molar-refractivity contribution in [3.05, 3.63) is 0 Å². The first-order valence-corrected chi connectivity index (χ1v) is 7.81. The molecule has 0 spiro atoms. The zero-order valence-electron chi connectivity index (χ0n) is 9.75. The van der Waals surface area contributed by atoms with E-state index in [1.54, 1.807) is 0 Å². The lowest BCUT2D eigenvalue weighted by molar-refractivity contribution is -0.117. The summed E-state index contributed by atoms with van der Waals surface area (Å²) in [5.41, 5.74) is 1.04. The topological polar surface area (TPSA) is 46.8 Å². The average Bonchev–Trinajstić information content (AvgIpc) is 2.20. The van der Waals surface area contributed by atoms with Crippen molar-refractivity contribution in [2.75, 3.05) is 38.3 Å². The number of hydrogen-bond donors (Lipinski definition) is 2. The van der Waals surface area contributed by atoms with Crippen LogP contribution in [-0.2, 0) is 4.74 Å². The molecule has 0 saturated heterocycles. The summed E-state index contributed by atoms with van der Waals surface area (Å²) in [6.45, 7) is 4.57. The van der Waals surface area contributed by atoms with Gasteiger partial charge in [-0.3, -0.25) is 5.41 Å². The first-order chi connectivity index (χ1) is 7.27. The van der Waals surface area contributed by atoms with Crippen LogP contribution in [0.5, 0.6) is 0 Å². The maximum atomic E-state index is 5.58. The van der Waals surface area contributed by atoms with Crippen molar-refractivity contribution in [1.29, 1.82) is 0 Å². The molecule has 0 aliphatic carbocycles. The second-order valence-electron chi connectivity index (χ2n) is 3.31. The summed E-state index contributed by atoms with van der Waals surface area (Å²) in [4.78, 5) is 0. The molecule has 5 heteroatoms. The Morgan fingerprint density at radius 1 is 1.27 bits per heavy atom. The third kappa shape index (κ3) is 14.3. The van der Waals surface area contributed by atoms with Gasteiger partial charge < -0.3 is 10.1 Å². The molecule has 90 valence electrons. The molecule has 0 amide bonds. The van der Waals surface area contributed by atoms with E-state index in [9.17, 15) is 0 Å². The fraction of sp³-hybridized carbons (Fsp3) is 0.900. The summed E-state index contributed by atoms with van der Waals surface area (Å²) in [5, 5.41) is 8.62. The Bertz CT molecular complexity index is 156. The van der Waals surface area contributed by atoms with E-state index in [2.05, 4.69) is 5.32 Å². The Balaban J connectivity index is 2.89.